The summed E-state index contributed by atoms with van der Waals surface area (Å²) in [6.07, 6.45) is 6.26. The van der Waals surface area contributed by atoms with Gasteiger partial charge in [-0.1, -0.05) is 12.5 Å². The number of nitrogens with zero attached hydrogens (tertiary/aromatic N) is 1. The Balaban J connectivity index is 1.79. The van der Waals surface area contributed by atoms with Crippen molar-refractivity contribution in [3.8, 4) is 5.75 Å². The molecule has 2 rings (SSSR count). The molecule has 3 heteroatoms. The third-order valence-electron chi connectivity index (χ3n) is 3.94. The second-order valence-electron chi connectivity index (χ2n) is 5.38. The van der Waals surface area contributed by atoms with E-state index in [4.69, 9.17) is 5.73 Å². The number of aromatic hydroxyl groups is 1. The molecule has 0 aromatic heterocycles. The molecule has 0 saturated carbocycles. The third kappa shape index (κ3) is 3.39. The van der Waals surface area contributed by atoms with Gasteiger partial charge in [-0.05, 0) is 63.4 Å². The Morgan fingerprint density at radius 3 is 2.94 bits per heavy atom. The number of nitrogens with two attached hydrogens (primary N) is 1. The van der Waals surface area contributed by atoms with Gasteiger partial charge in [0, 0.05) is 6.04 Å². The maximum Gasteiger partial charge on any atom is 0.138 e. The Bertz CT molecular complexity index is 392. The molecule has 1 unspecified atom stereocenters. The van der Waals surface area contributed by atoms with Crippen molar-refractivity contribution in [2.24, 2.45) is 0 Å². The van der Waals surface area contributed by atoms with Crippen LogP contribution in [0.25, 0.3) is 0 Å². The summed E-state index contributed by atoms with van der Waals surface area (Å²) in [5.41, 5.74) is 7.40. The first-order valence-corrected chi connectivity index (χ1v) is 6.98. The van der Waals surface area contributed by atoms with Gasteiger partial charge in [0.15, 0.2) is 0 Å². The van der Waals surface area contributed by atoms with Gasteiger partial charge in [0.2, 0.25) is 0 Å². The summed E-state index contributed by atoms with van der Waals surface area (Å²) in [5, 5.41) is 9.37. The molecule has 100 valence electrons. The van der Waals surface area contributed by atoms with Crippen LogP contribution >= 0.6 is 0 Å². The highest BCUT2D eigenvalue weighted by Crippen LogP contribution is 2.22. The number of hydrogen-bond donors (Lipinski definition) is 2. The molecule has 1 aromatic rings. The van der Waals surface area contributed by atoms with Crippen molar-refractivity contribution in [2.45, 2.75) is 45.1 Å². The van der Waals surface area contributed by atoms with Gasteiger partial charge in [0.1, 0.15) is 5.75 Å². The van der Waals surface area contributed by atoms with Gasteiger partial charge in [-0.15, -0.1) is 0 Å². The molecule has 1 aliphatic heterocycles. The smallest absolute Gasteiger partial charge is 0.138 e. The zero-order valence-electron chi connectivity index (χ0n) is 11.2. The molecule has 0 amide bonds. The van der Waals surface area contributed by atoms with Crippen molar-refractivity contribution in [2.75, 3.05) is 18.8 Å². The van der Waals surface area contributed by atoms with E-state index in [1.54, 1.807) is 6.07 Å². The summed E-state index contributed by atoms with van der Waals surface area (Å²) in [6.45, 7) is 4.75. The van der Waals surface area contributed by atoms with E-state index in [1.807, 2.05) is 12.1 Å². The first-order valence-electron chi connectivity index (χ1n) is 6.98. The van der Waals surface area contributed by atoms with E-state index in [0.717, 1.165) is 18.9 Å². The second-order valence-corrected chi connectivity index (χ2v) is 5.38. The van der Waals surface area contributed by atoms with E-state index in [0.29, 0.717) is 5.69 Å². The molecule has 0 bridgehead atoms. The normalized spacial score (nSPS) is 21.1. The van der Waals surface area contributed by atoms with Gasteiger partial charge >= 0.3 is 0 Å². The SMILES string of the molecule is CC1CCCCN1CCCc1ccc(O)c(N)c1. The number of aryl methyl sites for hydroxylation is 1. The van der Waals surface area contributed by atoms with Gasteiger partial charge in [0.05, 0.1) is 5.69 Å². The van der Waals surface area contributed by atoms with Crippen molar-refractivity contribution in [1.29, 1.82) is 0 Å². The second kappa shape index (κ2) is 6.10. The standard InChI is InChI=1S/C15H24N2O/c1-12-5-2-3-9-17(12)10-4-6-13-7-8-15(18)14(16)11-13/h7-8,11-12,18H,2-6,9-10,16H2,1H3. The van der Waals surface area contributed by atoms with Crippen molar-refractivity contribution in [3.63, 3.8) is 0 Å². The average Bonchev–Trinajstić information content (AvgIpc) is 2.36. The summed E-state index contributed by atoms with van der Waals surface area (Å²) in [4.78, 5) is 2.59. The molecule has 1 aromatic carbocycles. The number of likely N-dealkylation sites (tertiary alicyclic amines) is 1. The van der Waals surface area contributed by atoms with Crippen molar-refractivity contribution >= 4 is 5.69 Å². The minimum Gasteiger partial charge on any atom is -0.506 e. The lowest BCUT2D eigenvalue weighted by Crippen LogP contribution is -2.38. The number of piperidine rings is 1. The van der Waals surface area contributed by atoms with Crippen LogP contribution in [0.15, 0.2) is 18.2 Å². The van der Waals surface area contributed by atoms with Crippen molar-refractivity contribution in [1.82, 2.24) is 4.90 Å². The Morgan fingerprint density at radius 2 is 2.22 bits per heavy atom. The number of rotatable bonds is 4. The van der Waals surface area contributed by atoms with Crippen molar-refractivity contribution in [3.05, 3.63) is 23.8 Å². The van der Waals surface area contributed by atoms with E-state index < -0.39 is 0 Å². The van der Waals surface area contributed by atoms with E-state index >= 15 is 0 Å². The molecule has 1 heterocycles. The molecule has 1 saturated heterocycles. The first-order chi connectivity index (χ1) is 8.66. The number of benzene rings is 1. The summed E-state index contributed by atoms with van der Waals surface area (Å²) in [7, 11) is 0. The molecular formula is C15H24N2O. The summed E-state index contributed by atoms with van der Waals surface area (Å²) >= 11 is 0. The highest BCUT2D eigenvalue weighted by atomic mass is 16.3. The summed E-state index contributed by atoms with van der Waals surface area (Å²) in [6, 6.07) is 6.28. The topological polar surface area (TPSA) is 49.5 Å². The minimum absolute atomic E-state index is 0.184. The Labute approximate surface area is 110 Å². The minimum atomic E-state index is 0.184. The average molecular weight is 248 g/mol. The van der Waals surface area contributed by atoms with Gasteiger partial charge in [0.25, 0.3) is 0 Å². The Kier molecular flexibility index (Phi) is 4.48. The fourth-order valence-electron chi connectivity index (χ4n) is 2.74. The van der Waals surface area contributed by atoms with Crippen LogP contribution in [0, 0.1) is 0 Å². The first kappa shape index (κ1) is 13.2. The summed E-state index contributed by atoms with van der Waals surface area (Å²) < 4.78 is 0. The zero-order chi connectivity index (χ0) is 13.0. The number of phenols is 1. The quantitative estimate of drug-likeness (QED) is 0.636. The molecule has 0 radical (unpaired) electrons. The molecule has 18 heavy (non-hydrogen) atoms. The highest BCUT2D eigenvalue weighted by Gasteiger charge is 2.17. The van der Waals surface area contributed by atoms with Crippen LogP contribution in [0.3, 0.4) is 0 Å². The van der Waals surface area contributed by atoms with Crippen LogP contribution < -0.4 is 5.73 Å². The van der Waals surface area contributed by atoms with Crippen LogP contribution in [0.5, 0.6) is 5.75 Å². The lowest BCUT2D eigenvalue weighted by atomic mass is 10.0. The lowest BCUT2D eigenvalue weighted by Gasteiger charge is -2.33. The number of phenolic OH excluding ortho intramolecular Hbond substituents is 1. The maximum atomic E-state index is 9.37. The molecule has 0 spiro atoms. The molecule has 1 fully saturated rings. The third-order valence-corrected chi connectivity index (χ3v) is 3.94. The summed E-state index contributed by atoms with van der Waals surface area (Å²) in [5.74, 6) is 0.184. The van der Waals surface area contributed by atoms with Gasteiger partial charge in [-0.2, -0.15) is 0 Å². The molecular weight excluding hydrogens is 224 g/mol. The van der Waals surface area contributed by atoms with Crippen LogP contribution in [0.1, 0.15) is 38.2 Å². The van der Waals surface area contributed by atoms with Crippen LogP contribution in [-0.4, -0.2) is 29.1 Å². The fraction of sp³-hybridized carbons (Fsp3) is 0.600. The molecule has 1 aliphatic rings. The predicted molar refractivity (Wildman–Crippen MR) is 75.7 cm³/mol. The fourth-order valence-corrected chi connectivity index (χ4v) is 2.74. The predicted octanol–water partition coefficient (Wildman–Crippen LogP) is 2.78. The van der Waals surface area contributed by atoms with Crippen LogP contribution in [0.2, 0.25) is 0 Å². The molecule has 3 nitrogen and oxygen atoms in total. The lowest BCUT2D eigenvalue weighted by molar-refractivity contribution is 0.159. The monoisotopic (exact) mass is 248 g/mol. The van der Waals surface area contributed by atoms with Gasteiger partial charge in [-0.3, -0.25) is 0 Å². The van der Waals surface area contributed by atoms with E-state index in [2.05, 4.69) is 11.8 Å². The number of anilines is 1. The van der Waals surface area contributed by atoms with Gasteiger partial charge in [-0.25, -0.2) is 0 Å². The van der Waals surface area contributed by atoms with Crippen LogP contribution in [0.4, 0.5) is 5.69 Å². The van der Waals surface area contributed by atoms with E-state index in [1.165, 1.54) is 37.9 Å². The maximum absolute atomic E-state index is 9.37. The van der Waals surface area contributed by atoms with Crippen molar-refractivity contribution < 1.29 is 5.11 Å². The Morgan fingerprint density at radius 1 is 1.39 bits per heavy atom. The highest BCUT2D eigenvalue weighted by molar-refractivity contribution is 5.53. The number of nitrogen functional groups attached to an aromatic ring is 1. The van der Waals surface area contributed by atoms with Crippen LogP contribution in [-0.2, 0) is 6.42 Å². The largest absolute Gasteiger partial charge is 0.506 e. The van der Waals surface area contributed by atoms with E-state index in [-0.39, 0.29) is 5.75 Å². The molecule has 0 aliphatic carbocycles. The van der Waals surface area contributed by atoms with E-state index in [9.17, 15) is 5.11 Å². The Hall–Kier alpha value is -1.22. The molecule has 1 atom stereocenters. The van der Waals surface area contributed by atoms with Gasteiger partial charge < -0.3 is 15.7 Å². The number of hydrogen-bond acceptors (Lipinski definition) is 3. The molecule has 3 N–H and O–H groups in total. The zero-order valence-corrected chi connectivity index (χ0v) is 11.2.